The summed E-state index contributed by atoms with van der Waals surface area (Å²) >= 11 is 0. The van der Waals surface area contributed by atoms with Crippen molar-refractivity contribution in [3.63, 3.8) is 0 Å². The van der Waals surface area contributed by atoms with Crippen molar-refractivity contribution < 1.29 is 20.4 Å². The Hall–Kier alpha value is -0.240. The van der Waals surface area contributed by atoms with Crippen LogP contribution in [0.3, 0.4) is 0 Å². The van der Waals surface area contributed by atoms with E-state index in [4.69, 9.17) is 26.3 Å². The van der Waals surface area contributed by atoms with Crippen LogP contribution in [-0.2, 0) is 0 Å². The van der Waals surface area contributed by atoms with Gasteiger partial charge in [0.05, 0.1) is 12.7 Å². The summed E-state index contributed by atoms with van der Waals surface area (Å²) in [4.78, 5) is 0. The monoisotopic (exact) mass is 166 g/mol. The van der Waals surface area contributed by atoms with E-state index in [-0.39, 0.29) is 6.54 Å². The molecule has 0 amide bonds. The molecule has 0 rings (SSSR count). The number of hydrogen-bond donors (Lipinski definition) is 6. The first-order chi connectivity index (χ1) is 5.13. The number of nitrogens with one attached hydrogen (secondary N) is 1. The van der Waals surface area contributed by atoms with E-state index in [2.05, 4.69) is 5.43 Å². The van der Waals surface area contributed by atoms with Crippen molar-refractivity contribution in [3.8, 4) is 0 Å². The molecule has 0 aliphatic heterocycles. The van der Waals surface area contributed by atoms with Crippen molar-refractivity contribution in [1.29, 1.82) is 0 Å². The average Bonchev–Trinajstić information content (AvgIpc) is 2.02. The number of aliphatic hydroxyl groups excluding tert-OH is 4. The van der Waals surface area contributed by atoms with Crippen molar-refractivity contribution in [2.24, 2.45) is 5.84 Å². The molecular formula is C5H14N2O4. The van der Waals surface area contributed by atoms with E-state index in [9.17, 15) is 0 Å². The summed E-state index contributed by atoms with van der Waals surface area (Å²) in [7, 11) is 0. The molecule has 0 radical (unpaired) electrons. The second kappa shape index (κ2) is 5.42. The first-order valence-electron chi connectivity index (χ1n) is 3.22. The zero-order valence-electron chi connectivity index (χ0n) is 6.01. The standard InChI is InChI=1S/C5H14N2O4/c6-7-1-3(9)5(11)4(10)2-8/h3-5,7-11H,1-2,6H2/t3-,4-,5+/m1/s1. The second-order valence-corrected chi connectivity index (χ2v) is 2.22. The van der Waals surface area contributed by atoms with Gasteiger partial charge in [0, 0.05) is 6.54 Å². The van der Waals surface area contributed by atoms with Crippen LogP contribution in [0.1, 0.15) is 0 Å². The lowest BCUT2D eigenvalue weighted by Gasteiger charge is -2.20. The van der Waals surface area contributed by atoms with Crippen molar-refractivity contribution >= 4 is 0 Å². The summed E-state index contributed by atoms with van der Waals surface area (Å²) in [6, 6.07) is 0. The van der Waals surface area contributed by atoms with Crippen molar-refractivity contribution in [3.05, 3.63) is 0 Å². The molecule has 7 N–H and O–H groups in total. The number of hydrogen-bond acceptors (Lipinski definition) is 6. The first-order valence-corrected chi connectivity index (χ1v) is 3.22. The van der Waals surface area contributed by atoms with Crippen LogP contribution in [0.2, 0.25) is 0 Å². The minimum Gasteiger partial charge on any atom is -0.394 e. The Kier molecular flexibility index (Phi) is 5.30. The maximum atomic E-state index is 8.96. The summed E-state index contributed by atoms with van der Waals surface area (Å²) in [6.07, 6.45) is -3.89. The lowest BCUT2D eigenvalue weighted by Crippen LogP contribution is -2.46. The summed E-state index contributed by atoms with van der Waals surface area (Å²) in [6.45, 7) is -0.638. The minimum absolute atomic E-state index is 0.0434. The van der Waals surface area contributed by atoms with Crippen LogP contribution in [0.15, 0.2) is 0 Å². The summed E-state index contributed by atoms with van der Waals surface area (Å²) in [5, 5.41) is 35.1. The van der Waals surface area contributed by atoms with Gasteiger partial charge < -0.3 is 20.4 Å². The van der Waals surface area contributed by atoms with E-state index in [1.54, 1.807) is 0 Å². The number of nitrogens with two attached hydrogens (primary N) is 1. The Labute approximate surface area is 64.2 Å². The molecule has 0 saturated carbocycles. The van der Waals surface area contributed by atoms with E-state index >= 15 is 0 Å². The predicted octanol–water partition coefficient (Wildman–Crippen LogP) is -3.48. The Bertz CT molecular complexity index is 102. The van der Waals surface area contributed by atoms with Gasteiger partial charge >= 0.3 is 0 Å². The molecule has 11 heavy (non-hydrogen) atoms. The molecule has 6 heteroatoms. The topological polar surface area (TPSA) is 119 Å². The molecule has 0 spiro atoms. The third kappa shape index (κ3) is 3.61. The van der Waals surface area contributed by atoms with E-state index in [1.165, 1.54) is 0 Å². The summed E-state index contributed by atoms with van der Waals surface area (Å²) in [5.74, 6) is 4.84. The minimum atomic E-state index is -1.38. The molecule has 0 unspecified atom stereocenters. The highest BCUT2D eigenvalue weighted by molar-refractivity contribution is 4.75. The second-order valence-electron chi connectivity index (χ2n) is 2.22. The van der Waals surface area contributed by atoms with Crippen LogP contribution < -0.4 is 11.3 Å². The van der Waals surface area contributed by atoms with Crippen LogP contribution in [0.25, 0.3) is 0 Å². The van der Waals surface area contributed by atoms with Gasteiger partial charge in [0.25, 0.3) is 0 Å². The summed E-state index contributed by atoms with van der Waals surface area (Å²) in [5.41, 5.74) is 2.12. The number of hydrazine groups is 1. The lowest BCUT2D eigenvalue weighted by atomic mass is 10.1. The number of rotatable bonds is 5. The fourth-order valence-corrected chi connectivity index (χ4v) is 0.606. The molecule has 0 heterocycles. The molecule has 0 fully saturated rings. The molecule has 0 aromatic carbocycles. The normalized spacial score (nSPS) is 19.4. The fourth-order valence-electron chi connectivity index (χ4n) is 0.606. The Morgan fingerprint density at radius 2 is 1.73 bits per heavy atom. The van der Waals surface area contributed by atoms with Gasteiger partial charge in [-0.1, -0.05) is 0 Å². The molecule has 0 saturated heterocycles. The highest BCUT2D eigenvalue weighted by Crippen LogP contribution is 1.97. The van der Waals surface area contributed by atoms with Gasteiger partial charge in [-0.25, -0.2) is 0 Å². The Balaban J connectivity index is 3.70. The van der Waals surface area contributed by atoms with E-state index in [0.29, 0.717) is 0 Å². The Morgan fingerprint density at radius 3 is 2.09 bits per heavy atom. The average molecular weight is 166 g/mol. The van der Waals surface area contributed by atoms with Gasteiger partial charge in [-0.05, 0) is 0 Å². The van der Waals surface area contributed by atoms with Gasteiger partial charge in [-0.3, -0.25) is 11.3 Å². The van der Waals surface area contributed by atoms with Crippen LogP contribution in [0.4, 0.5) is 0 Å². The molecule has 0 aliphatic carbocycles. The molecule has 0 aliphatic rings. The smallest absolute Gasteiger partial charge is 0.109 e. The van der Waals surface area contributed by atoms with Crippen molar-refractivity contribution in [2.75, 3.05) is 13.2 Å². The summed E-state index contributed by atoms with van der Waals surface area (Å²) < 4.78 is 0. The molecule has 0 aromatic heterocycles. The van der Waals surface area contributed by atoms with E-state index < -0.39 is 24.9 Å². The molecule has 0 aromatic rings. The van der Waals surface area contributed by atoms with Gasteiger partial charge in [-0.15, -0.1) is 0 Å². The van der Waals surface area contributed by atoms with Crippen LogP contribution in [0, 0.1) is 0 Å². The van der Waals surface area contributed by atoms with Crippen molar-refractivity contribution in [1.82, 2.24) is 5.43 Å². The highest BCUT2D eigenvalue weighted by atomic mass is 16.4. The molecular weight excluding hydrogens is 152 g/mol. The van der Waals surface area contributed by atoms with Gasteiger partial charge in [0.2, 0.25) is 0 Å². The lowest BCUT2D eigenvalue weighted by molar-refractivity contribution is -0.0749. The van der Waals surface area contributed by atoms with E-state index in [1.807, 2.05) is 0 Å². The maximum absolute atomic E-state index is 8.96. The fraction of sp³-hybridized carbons (Fsp3) is 1.00. The van der Waals surface area contributed by atoms with Crippen LogP contribution in [-0.4, -0.2) is 51.9 Å². The molecule has 6 nitrogen and oxygen atoms in total. The Morgan fingerprint density at radius 1 is 1.18 bits per heavy atom. The number of aliphatic hydroxyl groups is 4. The molecule has 3 atom stereocenters. The predicted molar refractivity (Wildman–Crippen MR) is 37.3 cm³/mol. The SMILES string of the molecule is NNC[C@@H](O)[C@H](O)[C@H](O)CO. The molecule has 0 bridgehead atoms. The third-order valence-corrected chi connectivity index (χ3v) is 1.30. The highest BCUT2D eigenvalue weighted by Gasteiger charge is 2.22. The third-order valence-electron chi connectivity index (χ3n) is 1.30. The van der Waals surface area contributed by atoms with Crippen LogP contribution >= 0.6 is 0 Å². The van der Waals surface area contributed by atoms with Crippen LogP contribution in [0.5, 0.6) is 0 Å². The molecule has 68 valence electrons. The van der Waals surface area contributed by atoms with Gasteiger partial charge in [0.15, 0.2) is 0 Å². The maximum Gasteiger partial charge on any atom is 0.109 e. The quantitative estimate of drug-likeness (QED) is 0.186. The van der Waals surface area contributed by atoms with E-state index in [0.717, 1.165) is 0 Å². The first kappa shape index (κ1) is 10.8. The zero-order chi connectivity index (χ0) is 8.85. The van der Waals surface area contributed by atoms with Crippen molar-refractivity contribution in [2.45, 2.75) is 18.3 Å². The van der Waals surface area contributed by atoms with Gasteiger partial charge in [-0.2, -0.15) is 0 Å². The zero-order valence-corrected chi connectivity index (χ0v) is 6.01. The van der Waals surface area contributed by atoms with Gasteiger partial charge in [0.1, 0.15) is 12.2 Å². The largest absolute Gasteiger partial charge is 0.394 e.